The molecule has 3 rings (SSSR count). The van der Waals surface area contributed by atoms with E-state index in [2.05, 4.69) is 20.2 Å². The van der Waals surface area contributed by atoms with Crippen LogP contribution in [-0.4, -0.2) is 33.1 Å². The van der Waals surface area contributed by atoms with Crippen molar-refractivity contribution in [2.45, 2.75) is 6.04 Å². The molecule has 0 atom stereocenters. The molecule has 0 N–H and O–H groups in total. The van der Waals surface area contributed by atoms with Crippen molar-refractivity contribution in [1.82, 2.24) is 20.0 Å². The first-order valence-electron chi connectivity index (χ1n) is 4.94. The Morgan fingerprint density at radius 3 is 2.60 bits per heavy atom. The first-order valence-corrected chi connectivity index (χ1v) is 4.94. The minimum Gasteiger partial charge on any atom is -0.367 e. The second kappa shape index (κ2) is 3.34. The predicted octanol–water partition coefficient (Wildman–Crippen LogP) is 0.734. The van der Waals surface area contributed by atoms with Crippen molar-refractivity contribution in [2.75, 3.05) is 18.0 Å². The van der Waals surface area contributed by atoms with Gasteiger partial charge < -0.3 is 4.90 Å². The second-order valence-electron chi connectivity index (χ2n) is 3.65. The van der Waals surface area contributed by atoms with E-state index in [-0.39, 0.29) is 0 Å². The van der Waals surface area contributed by atoms with Crippen LogP contribution in [0.4, 0.5) is 5.69 Å². The van der Waals surface area contributed by atoms with Gasteiger partial charge in [-0.3, -0.25) is 4.98 Å². The number of aromatic nitrogens is 4. The molecule has 5 nitrogen and oxygen atoms in total. The maximum atomic E-state index is 4.00. The summed E-state index contributed by atoms with van der Waals surface area (Å²) in [5, 5.41) is 7.80. The molecule has 15 heavy (non-hydrogen) atoms. The lowest BCUT2D eigenvalue weighted by Crippen LogP contribution is -2.48. The van der Waals surface area contributed by atoms with E-state index in [1.165, 1.54) is 5.69 Å². The Morgan fingerprint density at radius 2 is 1.93 bits per heavy atom. The van der Waals surface area contributed by atoms with Crippen molar-refractivity contribution in [3.05, 3.63) is 36.9 Å². The van der Waals surface area contributed by atoms with Crippen LogP contribution in [0.1, 0.15) is 6.04 Å². The van der Waals surface area contributed by atoms with Gasteiger partial charge in [-0.05, 0) is 12.1 Å². The molecule has 0 unspecified atom stereocenters. The van der Waals surface area contributed by atoms with Gasteiger partial charge in [-0.2, -0.15) is 0 Å². The van der Waals surface area contributed by atoms with Gasteiger partial charge in [0.05, 0.1) is 12.2 Å². The topological polar surface area (TPSA) is 46.8 Å². The normalized spacial score (nSPS) is 16.4. The highest BCUT2D eigenvalue weighted by Gasteiger charge is 2.28. The maximum absolute atomic E-state index is 4.00. The molecule has 0 amide bonds. The van der Waals surface area contributed by atoms with Crippen molar-refractivity contribution in [3.8, 4) is 0 Å². The van der Waals surface area contributed by atoms with E-state index in [0.717, 1.165) is 13.1 Å². The molecule has 3 heterocycles. The molecule has 1 saturated heterocycles. The third-order valence-electron chi connectivity index (χ3n) is 2.71. The summed E-state index contributed by atoms with van der Waals surface area (Å²) in [6, 6.07) is 4.51. The fourth-order valence-corrected chi connectivity index (χ4v) is 1.80. The Bertz CT molecular complexity index is 418. The monoisotopic (exact) mass is 201 g/mol. The van der Waals surface area contributed by atoms with E-state index in [0.29, 0.717) is 6.04 Å². The zero-order valence-corrected chi connectivity index (χ0v) is 8.19. The van der Waals surface area contributed by atoms with Crippen LogP contribution in [0, 0.1) is 0 Å². The molecular formula is C10H11N5. The molecule has 0 aliphatic carbocycles. The largest absolute Gasteiger partial charge is 0.367 e. The van der Waals surface area contributed by atoms with Crippen LogP contribution >= 0.6 is 0 Å². The molecule has 0 saturated carbocycles. The highest BCUT2D eigenvalue weighted by atomic mass is 15.5. The number of pyridine rings is 1. The van der Waals surface area contributed by atoms with Crippen LogP contribution in [-0.2, 0) is 0 Å². The highest BCUT2D eigenvalue weighted by Crippen LogP contribution is 2.25. The molecule has 2 aromatic heterocycles. The average Bonchev–Trinajstić information content (AvgIpc) is 2.70. The smallest absolute Gasteiger partial charge is 0.0886 e. The Labute approximate surface area is 87.4 Å². The van der Waals surface area contributed by atoms with E-state index >= 15 is 0 Å². The van der Waals surface area contributed by atoms with Gasteiger partial charge in [-0.25, -0.2) is 4.68 Å². The van der Waals surface area contributed by atoms with E-state index < -0.39 is 0 Å². The van der Waals surface area contributed by atoms with Gasteiger partial charge >= 0.3 is 0 Å². The van der Waals surface area contributed by atoms with Crippen LogP contribution < -0.4 is 4.90 Å². The fourth-order valence-electron chi connectivity index (χ4n) is 1.80. The molecule has 0 radical (unpaired) electrons. The third-order valence-corrected chi connectivity index (χ3v) is 2.71. The summed E-state index contributed by atoms with van der Waals surface area (Å²) in [7, 11) is 0. The lowest BCUT2D eigenvalue weighted by atomic mass is 10.1. The van der Waals surface area contributed by atoms with E-state index in [1.54, 1.807) is 6.20 Å². The van der Waals surface area contributed by atoms with Crippen molar-refractivity contribution >= 4 is 5.69 Å². The van der Waals surface area contributed by atoms with Crippen molar-refractivity contribution in [2.24, 2.45) is 0 Å². The van der Waals surface area contributed by atoms with Gasteiger partial charge in [0.15, 0.2) is 0 Å². The molecule has 5 heteroatoms. The van der Waals surface area contributed by atoms with E-state index in [4.69, 9.17) is 0 Å². The zero-order chi connectivity index (χ0) is 10.1. The quantitative estimate of drug-likeness (QED) is 0.718. The number of hydrogen-bond acceptors (Lipinski definition) is 4. The van der Waals surface area contributed by atoms with Crippen LogP contribution in [0.3, 0.4) is 0 Å². The number of nitrogens with zero attached hydrogens (tertiary/aromatic N) is 5. The predicted molar refractivity (Wildman–Crippen MR) is 55.5 cm³/mol. The number of rotatable bonds is 2. The van der Waals surface area contributed by atoms with Crippen LogP contribution in [0.5, 0.6) is 0 Å². The molecular weight excluding hydrogens is 190 g/mol. The molecule has 0 aromatic carbocycles. The summed E-state index contributed by atoms with van der Waals surface area (Å²) in [5.41, 5.74) is 1.22. The third kappa shape index (κ3) is 1.45. The summed E-state index contributed by atoms with van der Waals surface area (Å²) in [6.45, 7) is 1.99. The Balaban J connectivity index is 1.68. The standard InChI is InChI=1S/C10H11N5/c1-3-11-4-2-9(1)14-7-10(8-14)15-6-5-12-13-15/h1-6,10H,7-8H2. The lowest BCUT2D eigenvalue weighted by Gasteiger charge is -2.40. The lowest BCUT2D eigenvalue weighted by molar-refractivity contribution is 0.361. The fraction of sp³-hybridized carbons (Fsp3) is 0.300. The minimum absolute atomic E-state index is 0.459. The highest BCUT2D eigenvalue weighted by molar-refractivity contribution is 5.47. The maximum Gasteiger partial charge on any atom is 0.0886 e. The molecule has 0 spiro atoms. The SMILES string of the molecule is c1cc(N2CC(n3ccnn3)C2)ccn1. The Morgan fingerprint density at radius 1 is 1.13 bits per heavy atom. The van der Waals surface area contributed by atoms with Gasteiger partial charge in [-0.1, -0.05) is 5.21 Å². The van der Waals surface area contributed by atoms with Gasteiger partial charge in [0.1, 0.15) is 0 Å². The summed E-state index contributed by atoms with van der Waals surface area (Å²) < 4.78 is 1.91. The van der Waals surface area contributed by atoms with Gasteiger partial charge in [0, 0.05) is 37.4 Å². The Hall–Kier alpha value is -1.91. The number of anilines is 1. The van der Waals surface area contributed by atoms with Crippen LogP contribution in [0.25, 0.3) is 0 Å². The van der Waals surface area contributed by atoms with E-state index in [9.17, 15) is 0 Å². The molecule has 76 valence electrons. The number of hydrogen-bond donors (Lipinski definition) is 0. The van der Waals surface area contributed by atoms with Crippen molar-refractivity contribution < 1.29 is 0 Å². The molecule has 1 fully saturated rings. The Kier molecular flexibility index (Phi) is 1.87. The molecule has 1 aliphatic heterocycles. The first kappa shape index (κ1) is 8.40. The van der Waals surface area contributed by atoms with Crippen molar-refractivity contribution in [3.63, 3.8) is 0 Å². The summed E-state index contributed by atoms with van der Waals surface area (Å²) in [4.78, 5) is 6.30. The summed E-state index contributed by atoms with van der Waals surface area (Å²) in [6.07, 6.45) is 7.26. The van der Waals surface area contributed by atoms with Crippen LogP contribution in [0.2, 0.25) is 0 Å². The van der Waals surface area contributed by atoms with Crippen molar-refractivity contribution in [1.29, 1.82) is 0 Å². The average molecular weight is 201 g/mol. The first-order chi connectivity index (χ1) is 7.43. The van der Waals surface area contributed by atoms with Gasteiger partial charge in [0.25, 0.3) is 0 Å². The second-order valence-corrected chi connectivity index (χ2v) is 3.65. The van der Waals surface area contributed by atoms with Crippen LogP contribution in [0.15, 0.2) is 36.9 Å². The van der Waals surface area contributed by atoms with E-state index in [1.807, 2.05) is 35.4 Å². The van der Waals surface area contributed by atoms with Gasteiger partial charge in [0.2, 0.25) is 0 Å². The molecule has 2 aromatic rings. The summed E-state index contributed by atoms with van der Waals surface area (Å²) >= 11 is 0. The molecule has 1 aliphatic rings. The van der Waals surface area contributed by atoms with Gasteiger partial charge in [-0.15, -0.1) is 5.10 Å². The summed E-state index contributed by atoms with van der Waals surface area (Å²) in [5.74, 6) is 0. The zero-order valence-electron chi connectivity index (χ0n) is 8.19. The molecule has 0 bridgehead atoms. The minimum atomic E-state index is 0.459.